The Labute approximate surface area is 110 Å². The van der Waals surface area contributed by atoms with Crippen molar-refractivity contribution in [1.29, 1.82) is 0 Å². The van der Waals surface area contributed by atoms with Crippen molar-refractivity contribution in [3.8, 4) is 0 Å². The maximum Gasteiger partial charge on any atom is 0.416 e. The molecule has 1 heterocycles. The maximum absolute atomic E-state index is 12.4. The van der Waals surface area contributed by atoms with Crippen LogP contribution in [0.1, 0.15) is 24.5 Å². The predicted molar refractivity (Wildman–Crippen MR) is 65.7 cm³/mol. The lowest BCUT2D eigenvalue weighted by molar-refractivity contribution is -0.137. The molecule has 0 bridgehead atoms. The topological polar surface area (TPSA) is 29.1 Å². The minimum absolute atomic E-state index is 0.0808. The molecule has 2 rings (SSSR count). The summed E-state index contributed by atoms with van der Waals surface area (Å²) < 4.78 is 37.2. The summed E-state index contributed by atoms with van der Waals surface area (Å²) in [4.78, 5) is 12.2. The first-order valence-corrected chi connectivity index (χ1v) is 6.21. The molecule has 1 aromatic carbocycles. The number of benzene rings is 1. The van der Waals surface area contributed by atoms with E-state index in [1.807, 2.05) is 6.92 Å². The Bertz CT molecular complexity index is 459. The quantitative estimate of drug-likeness (QED) is 0.916. The van der Waals surface area contributed by atoms with Crippen LogP contribution in [0.4, 0.5) is 13.2 Å². The Morgan fingerprint density at radius 2 is 1.95 bits per heavy atom. The summed E-state index contributed by atoms with van der Waals surface area (Å²) in [7, 11) is 0. The standard InChI is InChI=1S/C14H16F3NO/c1-13(6-7-18-9-13)12(19)8-10-2-4-11(5-3-10)14(15,16)17/h2-5,18H,6-9H2,1H3. The summed E-state index contributed by atoms with van der Waals surface area (Å²) in [5.41, 5.74) is -0.438. The van der Waals surface area contributed by atoms with Gasteiger partial charge in [-0.15, -0.1) is 0 Å². The first-order valence-electron chi connectivity index (χ1n) is 6.21. The molecule has 0 aromatic heterocycles. The SMILES string of the molecule is CC1(C(=O)Cc2ccc(C(F)(F)F)cc2)CCNC1. The zero-order valence-electron chi connectivity index (χ0n) is 10.7. The van der Waals surface area contributed by atoms with Crippen LogP contribution >= 0.6 is 0 Å². The fourth-order valence-electron chi connectivity index (χ4n) is 2.27. The second-order valence-corrected chi connectivity index (χ2v) is 5.28. The van der Waals surface area contributed by atoms with Crippen LogP contribution in [0.5, 0.6) is 0 Å². The van der Waals surface area contributed by atoms with E-state index in [1.165, 1.54) is 12.1 Å². The summed E-state index contributed by atoms with van der Waals surface area (Å²) in [6.07, 6.45) is -3.35. The van der Waals surface area contributed by atoms with Crippen LogP contribution in [-0.2, 0) is 17.4 Å². The number of carbonyl (C=O) groups excluding carboxylic acids is 1. The Balaban J connectivity index is 2.06. The van der Waals surface area contributed by atoms with Crippen molar-refractivity contribution in [2.45, 2.75) is 25.9 Å². The highest BCUT2D eigenvalue weighted by molar-refractivity contribution is 5.87. The third-order valence-electron chi connectivity index (χ3n) is 3.69. The molecule has 1 atom stereocenters. The molecule has 19 heavy (non-hydrogen) atoms. The van der Waals surface area contributed by atoms with E-state index in [0.29, 0.717) is 12.1 Å². The van der Waals surface area contributed by atoms with Crippen molar-refractivity contribution in [1.82, 2.24) is 5.32 Å². The van der Waals surface area contributed by atoms with Crippen molar-refractivity contribution in [3.05, 3.63) is 35.4 Å². The molecule has 1 N–H and O–H groups in total. The third-order valence-corrected chi connectivity index (χ3v) is 3.69. The molecule has 104 valence electrons. The second-order valence-electron chi connectivity index (χ2n) is 5.28. The van der Waals surface area contributed by atoms with Gasteiger partial charge in [0.1, 0.15) is 5.78 Å². The second kappa shape index (κ2) is 4.96. The van der Waals surface area contributed by atoms with Crippen molar-refractivity contribution in [2.24, 2.45) is 5.41 Å². The third kappa shape index (κ3) is 3.15. The fourth-order valence-corrected chi connectivity index (χ4v) is 2.27. The number of halogens is 3. The van der Waals surface area contributed by atoms with Gasteiger partial charge in [0, 0.05) is 18.4 Å². The van der Waals surface area contributed by atoms with E-state index in [1.54, 1.807) is 0 Å². The summed E-state index contributed by atoms with van der Waals surface area (Å²) in [5.74, 6) is 0.0808. The number of hydrogen-bond donors (Lipinski definition) is 1. The number of carbonyl (C=O) groups is 1. The fraction of sp³-hybridized carbons (Fsp3) is 0.500. The number of rotatable bonds is 3. The van der Waals surface area contributed by atoms with E-state index in [0.717, 1.165) is 25.1 Å². The largest absolute Gasteiger partial charge is 0.416 e. The molecule has 2 nitrogen and oxygen atoms in total. The van der Waals surface area contributed by atoms with Crippen LogP contribution in [0.2, 0.25) is 0 Å². The van der Waals surface area contributed by atoms with E-state index >= 15 is 0 Å². The van der Waals surface area contributed by atoms with Gasteiger partial charge in [0.15, 0.2) is 0 Å². The van der Waals surface area contributed by atoms with Crippen LogP contribution in [0.3, 0.4) is 0 Å². The number of nitrogens with one attached hydrogen (secondary N) is 1. The lowest BCUT2D eigenvalue weighted by atomic mass is 9.82. The van der Waals surface area contributed by atoms with Crippen LogP contribution in [-0.4, -0.2) is 18.9 Å². The molecule has 1 aliphatic heterocycles. The summed E-state index contributed by atoms with van der Waals surface area (Å²) >= 11 is 0. The van der Waals surface area contributed by atoms with Gasteiger partial charge < -0.3 is 5.32 Å². The molecule has 1 aromatic rings. The Morgan fingerprint density at radius 1 is 1.32 bits per heavy atom. The van der Waals surface area contributed by atoms with E-state index in [9.17, 15) is 18.0 Å². The van der Waals surface area contributed by atoms with Gasteiger partial charge in [0.25, 0.3) is 0 Å². The number of alkyl halides is 3. The molecular weight excluding hydrogens is 255 g/mol. The molecule has 5 heteroatoms. The lowest BCUT2D eigenvalue weighted by Crippen LogP contribution is -2.31. The van der Waals surface area contributed by atoms with Crippen LogP contribution < -0.4 is 5.32 Å². The number of hydrogen-bond acceptors (Lipinski definition) is 2. The molecule has 0 spiro atoms. The summed E-state index contributed by atoms with van der Waals surface area (Å²) in [6, 6.07) is 4.81. The molecular formula is C14H16F3NO. The van der Waals surface area contributed by atoms with Crippen molar-refractivity contribution in [2.75, 3.05) is 13.1 Å². The zero-order chi connectivity index (χ0) is 14.1. The van der Waals surface area contributed by atoms with Gasteiger partial charge in [-0.05, 0) is 30.7 Å². The van der Waals surface area contributed by atoms with Gasteiger partial charge in [-0.2, -0.15) is 13.2 Å². The number of Topliss-reactive ketones (excluding diaryl/α,β-unsaturated/α-hetero) is 1. The Hall–Kier alpha value is -1.36. The molecule has 1 fully saturated rings. The summed E-state index contributed by atoms with van der Waals surface area (Å²) in [6.45, 7) is 3.36. The molecule has 1 aliphatic rings. The summed E-state index contributed by atoms with van der Waals surface area (Å²) in [5, 5.41) is 3.14. The van der Waals surface area contributed by atoms with E-state index in [-0.39, 0.29) is 17.6 Å². The maximum atomic E-state index is 12.4. The smallest absolute Gasteiger partial charge is 0.316 e. The highest BCUT2D eigenvalue weighted by atomic mass is 19.4. The Morgan fingerprint density at radius 3 is 2.42 bits per heavy atom. The highest BCUT2D eigenvalue weighted by Gasteiger charge is 2.35. The van der Waals surface area contributed by atoms with Crippen LogP contribution in [0.15, 0.2) is 24.3 Å². The average Bonchev–Trinajstić information content (AvgIpc) is 2.77. The monoisotopic (exact) mass is 271 g/mol. The van der Waals surface area contributed by atoms with Crippen LogP contribution in [0, 0.1) is 5.41 Å². The van der Waals surface area contributed by atoms with Gasteiger partial charge in [-0.1, -0.05) is 19.1 Å². The van der Waals surface area contributed by atoms with Gasteiger partial charge >= 0.3 is 6.18 Å². The van der Waals surface area contributed by atoms with Gasteiger partial charge in [0.2, 0.25) is 0 Å². The molecule has 1 unspecified atom stereocenters. The molecule has 0 radical (unpaired) electrons. The van der Waals surface area contributed by atoms with Crippen molar-refractivity contribution in [3.63, 3.8) is 0 Å². The molecule has 0 aliphatic carbocycles. The first kappa shape index (κ1) is 14.1. The van der Waals surface area contributed by atoms with E-state index in [4.69, 9.17) is 0 Å². The average molecular weight is 271 g/mol. The minimum atomic E-state index is -4.33. The zero-order valence-corrected chi connectivity index (χ0v) is 10.7. The molecule has 0 saturated carbocycles. The first-order chi connectivity index (χ1) is 8.81. The van der Waals surface area contributed by atoms with Gasteiger partial charge in [-0.25, -0.2) is 0 Å². The van der Waals surface area contributed by atoms with E-state index < -0.39 is 11.7 Å². The van der Waals surface area contributed by atoms with Crippen molar-refractivity contribution >= 4 is 5.78 Å². The van der Waals surface area contributed by atoms with Gasteiger partial charge in [-0.3, -0.25) is 4.79 Å². The van der Waals surface area contributed by atoms with Crippen LogP contribution in [0.25, 0.3) is 0 Å². The van der Waals surface area contributed by atoms with Gasteiger partial charge in [0.05, 0.1) is 5.56 Å². The number of ketones is 1. The minimum Gasteiger partial charge on any atom is -0.316 e. The normalized spacial score (nSPS) is 23.6. The molecule has 1 saturated heterocycles. The van der Waals surface area contributed by atoms with E-state index in [2.05, 4.69) is 5.32 Å². The highest BCUT2D eigenvalue weighted by Crippen LogP contribution is 2.30. The van der Waals surface area contributed by atoms with Crippen molar-refractivity contribution < 1.29 is 18.0 Å². The Kier molecular flexibility index (Phi) is 3.67. The lowest BCUT2D eigenvalue weighted by Gasteiger charge is -2.20. The molecule has 0 amide bonds. The predicted octanol–water partition coefficient (Wildman–Crippen LogP) is 2.82.